The minimum Gasteiger partial charge on any atom is -0.207 e. The molecule has 100 valence electrons. The first-order valence-electron chi connectivity index (χ1n) is 7.36. The normalized spacial score (nSPS) is 24.2. The van der Waals surface area contributed by atoms with Gasteiger partial charge in [0, 0.05) is 0 Å². The second-order valence-corrected chi connectivity index (χ2v) is 6.47. The van der Waals surface area contributed by atoms with Gasteiger partial charge in [0.25, 0.3) is 0 Å². The fourth-order valence-corrected chi connectivity index (χ4v) is 4.18. The smallest absolute Gasteiger partial charge is 0.123 e. The summed E-state index contributed by atoms with van der Waals surface area (Å²) >= 11 is 0. The molecule has 0 N–H and O–H groups in total. The largest absolute Gasteiger partial charge is 0.207 e. The molecule has 19 heavy (non-hydrogen) atoms. The topological polar surface area (TPSA) is 23.8 Å². The van der Waals surface area contributed by atoms with Crippen molar-refractivity contribution in [1.82, 2.24) is 0 Å². The average molecular weight is 257 g/mol. The summed E-state index contributed by atoms with van der Waals surface area (Å²) in [5, 5.41) is 9.60. The monoisotopic (exact) mass is 257 g/mol. The van der Waals surface area contributed by atoms with Crippen molar-refractivity contribution in [2.45, 2.75) is 56.8 Å². The quantitative estimate of drug-likeness (QED) is 0.714. The van der Waals surface area contributed by atoms with Crippen molar-refractivity contribution in [3.63, 3.8) is 0 Å². The van der Waals surface area contributed by atoms with Gasteiger partial charge in [-0.15, -0.1) is 0 Å². The van der Waals surface area contributed by atoms with E-state index in [1.807, 2.05) is 0 Å². The summed E-state index contributed by atoms with van der Waals surface area (Å²) in [7, 11) is 0. The molecule has 2 aliphatic carbocycles. The van der Waals surface area contributed by atoms with Crippen LogP contribution in [0.4, 0.5) is 4.39 Å². The predicted molar refractivity (Wildman–Crippen MR) is 73.1 cm³/mol. The molecule has 0 atom stereocenters. The fourth-order valence-electron chi connectivity index (χ4n) is 4.18. The van der Waals surface area contributed by atoms with Crippen LogP contribution in [0.2, 0.25) is 0 Å². The van der Waals surface area contributed by atoms with Crippen LogP contribution in [-0.2, 0) is 5.41 Å². The second kappa shape index (κ2) is 4.63. The van der Waals surface area contributed by atoms with E-state index in [0.29, 0.717) is 5.41 Å². The van der Waals surface area contributed by atoms with Gasteiger partial charge >= 0.3 is 0 Å². The molecule has 1 aromatic rings. The minimum atomic E-state index is -0.349. The third-order valence-corrected chi connectivity index (χ3v) is 5.13. The van der Waals surface area contributed by atoms with E-state index in [1.54, 1.807) is 12.1 Å². The van der Waals surface area contributed by atoms with E-state index < -0.39 is 0 Å². The van der Waals surface area contributed by atoms with Crippen LogP contribution in [0.15, 0.2) is 24.3 Å². The lowest BCUT2D eigenvalue weighted by Gasteiger charge is -2.53. The Morgan fingerprint density at radius 1 is 0.947 bits per heavy atom. The molecule has 2 aliphatic rings. The maximum Gasteiger partial charge on any atom is 0.123 e. The van der Waals surface area contributed by atoms with Crippen molar-refractivity contribution >= 4 is 0 Å². The Kier molecular flexibility index (Phi) is 3.09. The molecule has 0 heterocycles. The molecule has 0 amide bonds. The van der Waals surface area contributed by atoms with Crippen molar-refractivity contribution in [2.75, 3.05) is 0 Å². The van der Waals surface area contributed by atoms with Crippen molar-refractivity contribution < 1.29 is 4.39 Å². The van der Waals surface area contributed by atoms with E-state index in [1.165, 1.54) is 50.7 Å². The van der Waals surface area contributed by atoms with Gasteiger partial charge in [-0.1, -0.05) is 37.8 Å². The van der Waals surface area contributed by atoms with Gasteiger partial charge in [0.15, 0.2) is 0 Å². The maximum atomic E-state index is 13.0. The van der Waals surface area contributed by atoms with E-state index in [4.69, 9.17) is 0 Å². The van der Waals surface area contributed by atoms with Gasteiger partial charge in [-0.2, -0.15) is 5.26 Å². The Labute approximate surface area is 114 Å². The van der Waals surface area contributed by atoms with E-state index in [9.17, 15) is 9.65 Å². The molecule has 1 nitrogen and oxygen atoms in total. The molecule has 2 fully saturated rings. The zero-order valence-corrected chi connectivity index (χ0v) is 11.3. The molecule has 1 aromatic carbocycles. The summed E-state index contributed by atoms with van der Waals surface area (Å²) in [5.74, 6) is -0.222. The van der Waals surface area contributed by atoms with E-state index >= 15 is 0 Å². The van der Waals surface area contributed by atoms with Crippen LogP contribution in [0.1, 0.15) is 56.9 Å². The first kappa shape index (κ1) is 12.7. The SMILES string of the molecule is N#CC1(c2ccc(F)cc2)CC2(CCCCCC2)C1. The fraction of sp³-hybridized carbons (Fsp3) is 0.588. The highest BCUT2D eigenvalue weighted by molar-refractivity contribution is 5.38. The molecule has 0 radical (unpaired) electrons. The third-order valence-electron chi connectivity index (χ3n) is 5.13. The molecule has 2 saturated carbocycles. The summed E-state index contributed by atoms with van der Waals surface area (Å²) in [6, 6.07) is 9.07. The van der Waals surface area contributed by atoms with Gasteiger partial charge in [0.2, 0.25) is 0 Å². The number of hydrogen-bond acceptors (Lipinski definition) is 1. The first-order valence-corrected chi connectivity index (χ1v) is 7.36. The van der Waals surface area contributed by atoms with E-state index in [2.05, 4.69) is 6.07 Å². The standard InChI is InChI=1S/C17H20FN/c18-15-7-5-14(6-8-15)17(13-19)11-16(12-17)9-3-1-2-4-10-16/h5-8H,1-4,9-12H2. The summed E-state index contributed by atoms with van der Waals surface area (Å²) in [5.41, 5.74) is 1.06. The highest BCUT2D eigenvalue weighted by Gasteiger charge is 2.55. The van der Waals surface area contributed by atoms with Crippen molar-refractivity contribution in [3.05, 3.63) is 35.6 Å². The van der Waals surface area contributed by atoms with Gasteiger partial charge in [-0.25, -0.2) is 4.39 Å². The molecule has 2 heteroatoms. The van der Waals surface area contributed by atoms with Crippen LogP contribution >= 0.6 is 0 Å². The molecule has 0 unspecified atom stereocenters. The lowest BCUT2D eigenvalue weighted by atomic mass is 9.49. The summed E-state index contributed by atoms with van der Waals surface area (Å²) < 4.78 is 13.0. The summed E-state index contributed by atoms with van der Waals surface area (Å²) in [6.45, 7) is 0. The Bertz CT molecular complexity index is 481. The molecule has 0 saturated heterocycles. The highest BCUT2D eigenvalue weighted by Crippen LogP contribution is 2.61. The van der Waals surface area contributed by atoms with Crippen molar-refractivity contribution in [3.8, 4) is 6.07 Å². The average Bonchev–Trinajstić information content (AvgIpc) is 2.63. The number of nitriles is 1. The number of halogens is 1. The number of rotatable bonds is 1. The van der Waals surface area contributed by atoms with Crippen molar-refractivity contribution in [1.29, 1.82) is 5.26 Å². The van der Waals surface area contributed by atoms with Gasteiger partial charge < -0.3 is 0 Å². The zero-order chi connectivity index (χ0) is 13.3. The van der Waals surface area contributed by atoms with E-state index in [0.717, 1.165) is 18.4 Å². The molecule has 3 rings (SSSR count). The minimum absolute atomic E-state index is 0.222. The summed E-state index contributed by atoms with van der Waals surface area (Å²) in [6.07, 6.45) is 9.81. The lowest BCUT2D eigenvalue weighted by molar-refractivity contribution is 0.0398. The Morgan fingerprint density at radius 3 is 2.05 bits per heavy atom. The van der Waals surface area contributed by atoms with Crippen molar-refractivity contribution in [2.24, 2.45) is 5.41 Å². The molecular weight excluding hydrogens is 237 g/mol. The van der Waals surface area contributed by atoms with Gasteiger partial charge in [0.1, 0.15) is 5.82 Å². The molecule has 0 bridgehead atoms. The first-order chi connectivity index (χ1) is 9.18. The molecular formula is C17H20FN. The number of benzene rings is 1. The third kappa shape index (κ3) is 2.16. The Hall–Kier alpha value is -1.36. The molecule has 0 aliphatic heterocycles. The lowest BCUT2D eigenvalue weighted by Crippen LogP contribution is -2.48. The van der Waals surface area contributed by atoms with Gasteiger partial charge in [-0.05, 0) is 48.8 Å². The Balaban J connectivity index is 1.81. The molecule has 0 aromatic heterocycles. The molecule has 1 spiro atoms. The highest BCUT2D eigenvalue weighted by atomic mass is 19.1. The van der Waals surface area contributed by atoms with Gasteiger partial charge in [-0.3, -0.25) is 0 Å². The van der Waals surface area contributed by atoms with Crippen LogP contribution in [0.5, 0.6) is 0 Å². The van der Waals surface area contributed by atoms with E-state index in [-0.39, 0.29) is 11.2 Å². The predicted octanol–water partition coefficient (Wildman–Crippen LogP) is 4.72. The summed E-state index contributed by atoms with van der Waals surface area (Å²) in [4.78, 5) is 0. The number of nitrogens with zero attached hydrogens (tertiary/aromatic N) is 1. The number of hydrogen-bond donors (Lipinski definition) is 0. The Morgan fingerprint density at radius 2 is 1.53 bits per heavy atom. The second-order valence-electron chi connectivity index (χ2n) is 6.47. The maximum absolute atomic E-state index is 13.0. The zero-order valence-electron chi connectivity index (χ0n) is 11.3. The van der Waals surface area contributed by atoms with Crippen LogP contribution in [0.25, 0.3) is 0 Å². The van der Waals surface area contributed by atoms with Gasteiger partial charge in [0.05, 0.1) is 11.5 Å². The van der Waals surface area contributed by atoms with Crippen LogP contribution in [-0.4, -0.2) is 0 Å². The van der Waals surface area contributed by atoms with Crippen LogP contribution in [0, 0.1) is 22.6 Å². The van der Waals surface area contributed by atoms with Crippen LogP contribution in [0.3, 0.4) is 0 Å². The van der Waals surface area contributed by atoms with Crippen LogP contribution < -0.4 is 0 Å².